The highest BCUT2D eigenvalue weighted by atomic mass is 32.2. The van der Waals surface area contributed by atoms with Crippen molar-refractivity contribution in [2.45, 2.75) is 12.2 Å². The Morgan fingerprint density at radius 3 is 2.17 bits per heavy atom. The molecular weight excluding hydrogens is 192 g/mol. The van der Waals surface area contributed by atoms with Crippen LogP contribution in [0.5, 0.6) is 0 Å². The highest BCUT2D eigenvalue weighted by Gasteiger charge is 2.38. The van der Waals surface area contributed by atoms with Gasteiger partial charge in [0.25, 0.3) is 0 Å². The van der Waals surface area contributed by atoms with Gasteiger partial charge in [0.05, 0.1) is 0 Å². The molecule has 0 spiro atoms. The Kier molecular flexibility index (Phi) is 1.75. The Morgan fingerprint density at radius 2 is 1.67 bits per heavy atom. The van der Waals surface area contributed by atoms with Crippen LogP contribution in [-0.2, 0) is 9.78 Å². The van der Waals surface area contributed by atoms with Gasteiger partial charge in [-0.2, -0.15) is 0 Å². The molecule has 2 bridgehead atoms. The van der Waals surface area contributed by atoms with Gasteiger partial charge in [0.15, 0.2) is 0 Å². The van der Waals surface area contributed by atoms with Crippen LogP contribution in [-0.4, -0.2) is 23.7 Å². The van der Waals surface area contributed by atoms with E-state index in [9.17, 15) is 0 Å². The van der Waals surface area contributed by atoms with Crippen LogP contribution in [0.25, 0.3) is 0 Å². The largest absolute Gasteiger partial charge is 0.223 e. The fourth-order valence-corrected chi connectivity index (χ4v) is 4.24. The smallest absolute Gasteiger partial charge is 0.137 e. The van der Waals surface area contributed by atoms with E-state index in [4.69, 9.17) is 9.78 Å². The molecule has 2 aliphatic heterocycles. The highest BCUT2D eigenvalue weighted by Crippen LogP contribution is 2.45. The minimum absolute atomic E-state index is 0.114. The summed E-state index contributed by atoms with van der Waals surface area (Å²) in [6.45, 7) is 0. The van der Waals surface area contributed by atoms with Crippen molar-refractivity contribution in [3.63, 3.8) is 0 Å². The number of fused-ring (bicyclic) bond motifs is 2. The van der Waals surface area contributed by atoms with E-state index in [0.29, 0.717) is 0 Å². The predicted octanol–water partition coefficient (Wildman–Crippen LogP) is 1.95. The lowest BCUT2D eigenvalue weighted by Crippen LogP contribution is -2.01. The van der Waals surface area contributed by atoms with E-state index in [2.05, 4.69) is 12.2 Å². The summed E-state index contributed by atoms with van der Waals surface area (Å²) in [5.41, 5.74) is 1.34. The van der Waals surface area contributed by atoms with Gasteiger partial charge < -0.3 is 0 Å². The molecule has 3 aliphatic rings. The second-order valence-electron chi connectivity index (χ2n) is 2.86. The molecule has 2 atom stereocenters. The predicted molar refractivity (Wildman–Crippen MR) is 50.8 cm³/mol. The van der Waals surface area contributed by atoms with E-state index in [1.807, 2.05) is 23.5 Å². The molecule has 1 aliphatic carbocycles. The summed E-state index contributed by atoms with van der Waals surface area (Å²) < 4.78 is 1.42. The second kappa shape index (κ2) is 2.80. The van der Waals surface area contributed by atoms with E-state index in [1.54, 1.807) is 0 Å². The Balaban J connectivity index is 1.98. The number of rotatable bonds is 0. The molecule has 0 N–H and O–H groups in total. The lowest BCUT2D eigenvalue weighted by atomic mass is 10.2. The molecule has 12 heavy (non-hydrogen) atoms. The van der Waals surface area contributed by atoms with Gasteiger partial charge in [0.2, 0.25) is 0 Å². The molecule has 2 unspecified atom stereocenters. The molecule has 4 heteroatoms. The molecule has 2 saturated heterocycles. The fraction of sp³-hybridized carbons (Fsp3) is 0.500. The van der Waals surface area contributed by atoms with Crippen LogP contribution in [0.4, 0.5) is 0 Å². The maximum Gasteiger partial charge on any atom is 0.137 e. The van der Waals surface area contributed by atoms with Crippen LogP contribution in [0.15, 0.2) is 22.0 Å². The van der Waals surface area contributed by atoms with E-state index < -0.39 is 0 Å². The maximum atomic E-state index is 5.11. The third-order valence-corrected chi connectivity index (χ3v) is 4.90. The summed E-state index contributed by atoms with van der Waals surface area (Å²) in [7, 11) is 0. The van der Waals surface area contributed by atoms with Crippen LogP contribution in [0.3, 0.4) is 0 Å². The van der Waals surface area contributed by atoms with Crippen molar-refractivity contribution >= 4 is 23.5 Å². The Morgan fingerprint density at radius 1 is 1.08 bits per heavy atom. The molecule has 2 nitrogen and oxygen atoms in total. The summed E-state index contributed by atoms with van der Waals surface area (Å²) >= 11 is 3.86. The number of hydrogen-bond acceptors (Lipinski definition) is 4. The zero-order valence-electron chi connectivity index (χ0n) is 6.36. The van der Waals surface area contributed by atoms with Crippen molar-refractivity contribution in [1.82, 2.24) is 0 Å². The van der Waals surface area contributed by atoms with E-state index in [0.717, 1.165) is 0 Å². The van der Waals surface area contributed by atoms with Crippen LogP contribution in [0.2, 0.25) is 0 Å². The van der Waals surface area contributed by atoms with E-state index in [-0.39, 0.29) is 12.2 Å². The van der Waals surface area contributed by atoms with Crippen molar-refractivity contribution < 1.29 is 9.78 Å². The monoisotopic (exact) mass is 200 g/mol. The molecule has 2 heterocycles. The van der Waals surface area contributed by atoms with Crippen molar-refractivity contribution in [3.8, 4) is 0 Å². The van der Waals surface area contributed by atoms with Gasteiger partial charge in [0, 0.05) is 21.3 Å². The summed E-state index contributed by atoms with van der Waals surface area (Å²) in [4.78, 5) is 10.2. The zero-order chi connectivity index (χ0) is 7.97. The van der Waals surface area contributed by atoms with Crippen LogP contribution in [0.1, 0.15) is 0 Å². The standard InChI is InChI=1S/C8H8O2S2/c1-2-6-7(5(1)9-10-6)8-11-3-4-12-8/h1-2,5-6H,3-4H2. The Labute approximate surface area is 79.3 Å². The summed E-state index contributed by atoms with van der Waals surface area (Å²) in [6.07, 6.45) is 4.39. The second-order valence-corrected chi connectivity index (χ2v) is 5.33. The summed E-state index contributed by atoms with van der Waals surface area (Å²) in [5.74, 6) is 2.45. The average Bonchev–Trinajstić information content (AvgIpc) is 2.78. The van der Waals surface area contributed by atoms with Crippen molar-refractivity contribution in [2.24, 2.45) is 0 Å². The zero-order valence-corrected chi connectivity index (χ0v) is 7.99. The first-order valence-corrected chi connectivity index (χ1v) is 5.92. The molecule has 0 saturated carbocycles. The molecule has 3 rings (SSSR count). The molecular formula is C8H8O2S2. The van der Waals surface area contributed by atoms with E-state index >= 15 is 0 Å². The third kappa shape index (κ3) is 0.988. The number of thioether (sulfide) groups is 2. The average molecular weight is 200 g/mol. The minimum Gasteiger partial charge on any atom is -0.223 e. The highest BCUT2D eigenvalue weighted by molar-refractivity contribution is 8.25. The SMILES string of the molecule is C1=CC2OOC1C2=C1SCCS1. The first kappa shape index (κ1) is 7.50. The van der Waals surface area contributed by atoms with Gasteiger partial charge >= 0.3 is 0 Å². The first-order valence-electron chi connectivity index (χ1n) is 3.95. The quantitative estimate of drug-likeness (QED) is 0.439. The summed E-state index contributed by atoms with van der Waals surface area (Å²) in [5, 5.41) is 0. The lowest BCUT2D eigenvalue weighted by Gasteiger charge is -2.02. The topological polar surface area (TPSA) is 18.5 Å². The van der Waals surface area contributed by atoms with Crippen molar-refractivity contribution in [1.29, 1.82) is 0 Å². The number of hydrogen-bond donors (Lipinski definition) is 0. The van der Waals surface area contributed by atoms with Crippen LogP contribution < -0.4 is 0 Å². The fourth-order valence-electron chi connectivity index (χ4n) is 1.57. The van der Waals surface area contributed by atoms with Gasteiger partial charge in [-0.15, -0.1) is 23.5 Å². The van der Waals surface area contributed by atoms with Gasteiger partial charge in [-0.1, -0.05) is 0 Å². The molecule has 0 aromatic rings. The third-order valence-electron chi connectivity index (χ3n) is 2.12. The lowest BCUT2D eigenvalue weighted by molar-refractivity contribution is -0.286. The van der Waals surface area contributed by atoms with Gasteiger partial charge in [0.1, 0.15) is 12.2 Å². The molecule has 0 aromatic heterocycles. The molecule has 0 radical (unpaired) electrons. The Hall–Kier alpha value is 0.100. The van der Waals surface area contributed by atoms with Gasteiger partial charge in [-0.05, 0) is 12.2 Å². The van der Waals surface area contributed by atoms with E-state index in [1.165, 1.54) is 21.3 Å². The molecule has 0 aromatic carbocycles. The van der Waals surface area contributed by atoms with Crippen molar-refractivity contribution in [2.75, 3.05) is 11.5 Å². The van der Waals surface area contributed by atoms with Crippen molar-refractivity contribution in [3.05, 3.63) is 22.0 Å². The van der Waals surface area contributed by atoms with Crippen LogP contribution in [0, 0.1) is 0 Å². The minimum atomic E-state index is 0.114. The Bertz CT molecular complexity index is 248. The summed E-state index contributed by atoms with van der Waals surface area (Å²) in [6, 6.07) is 0. The molecule has 64 valence electrons. The first-order chi connectivity index (χ1) is 5.95. The molecule has 2 fully saturated rings. The van der Waals surface area contributed by atoms with Gasteiger partial charge in [-0.25, -0.2) is 9.78 Å². The normalized spacial score (nSPS) is 38.7. The maximum absolute atomic E-state index is 5.11. The van der Waals surface area contributed by atoms with Gasteiger partial charge in [-0.3, -0.25) is 0 Å². The molecule has 0 amide bonds. The van der Waals surface area contributed by atoms with Crippen LogP contribution >= 0.6 is 23.5 Å².